The van der Waals surface area contributed by atoms with Gasteiger partial charge in [0, 0.05) is 0 Å². The first kappa shape index (κ1) is 30.3. The lowest BCUT2D eigenvalue weighted by molar-refractivity contribution is -0.143. The average Bonchev–Trinajstić information content (AvgIpc) is 2.92. The fraction of sp³-hybridized carbons (Fsp3) is 0.552. The molecule has 1 aromatic rings. The van der Waals surface area contributed by atoms with E-state index in [9.17, 15) is 14.4 Å². The minimum Gasteiger partial charge on any atom is -0.461 e. The normalized spacial score (nSPS) is 17.2. The molecular formula is C29H40O8. The molecule has 0 saturated heterocycles. The van der Waals surface area contributed by atoms with Crippen molar-refractivity contribution in [2.45, 2.75) is 64.2 Å². The van der Waals surface area contributed by atoms with Crippen LogP contribution in [0.15, 0.2) is 48.6 Å². The van der Waals surface area contributed by atoms with E-state index in [1.165, 1.54) is 25.7 Å². The van der Waals surface area contributed by atoms with Crippen LogP contribution in [0.2, 0.25) is 0 Å². The Kier molecular flexibility index (Phi) is 13.1. The predicted octanol–water partition coefficient (Wildman–Crippen LogP) is 4.25. The Hall–Kier alpha value is -2.97. The fourth-order valence-corrected chi connectivity index (χ4v) is 4.30. The van der Waals surface area contributed by atoms with Crippen LogP contribution in [0.5, 0.6) is 5.75 Å². The van der Waals surface area contributed by atoms with Crippen molar-refractivity contribution in [1.82, 2.24) is 0 Å². The summed E-state index contributed by atoms with van der Waals surface area (Å²) < 4.78 is 16.0. The number of ether oxygens (including phenoxy) is 3. The van der Waals surface area contributed by atoms with Crippen molar-refractivity contribution in [2.24, 2.45) is 11.8 Å². The van der Waals surface area contributed by atoms with Gasteiger partial charge in [0.2, 0.25) is 0 Å². The molecule has 204 valence electrons. The van der Waals surface area contributed by atoms with Gasteiger partial charge in [-0.25, -0.2) is 9.59 Å². The van der Waals surface area contributed by atoms with Crippen LogP contribution in [-0.4, -0.2) is 54.5 Å². The van der Waals surface area contributed by atoms with E-state index in [1.54, 1.807) is 24.3 Å². The summed E-state index contributed by atoms with van der Waals surface area (Å²) in [5, 5.41) is 18.1. The van der Waals surface area contributed by atoms with Gasteiger partial charge in [0.05, 0.1) is 36.2 Å². The van der Waals surface area contributed by atoms with Crippen LogP contribution in [0.4, 0.5) is 0 Å². The van der Waals surface area contributed by atoms with Crippen molar-refractivity contribution in [3.63, 3.8) is 0 Å². The van der Waals surface area contributed by atoms with Gasteiger partial charge in [0.1, 0.15) is 19.0 Å². The molecule has 1 saturated carbocycles. The number of unbranched alkanes of at least 4 members (excludes halogenated alkanes) is 2. The van der Waals surface area contributed by atoms with Gasteiger partial charge in [-0.15, -0.1) is 0 Å². The SMILES string of the molecule is C=C(CO)C(=O)OCC(COC(=O)C(=C)CO)c1ccc(OC(=O)C2CCC(CCCCC)CC2)cc1. The lowest BCUT2D eigenvalue weighted by Gasteiger charge is -2.27. The zero-order valence-electron chi connectivity index (χ0n) is 21.8. The van der Waals surface area contributed by atoms with Gasteiger partial charge in [0.15, 0.2) is 0 Å². The molecule has 2 N–H and O–H groups in total. The molecule has 2 rings (SSSR count). The number of esters is 3. The molecule has 1 fully saturated rings. The third-order valence-electron chi connectivity index (χ3n) is 6.76. The van der Waals surface area contributed by atoms with Crippen LogP contribution < -0.4 is 4.74 Å². The summed E-state index contributed by atoms with van der Waals surface area (Å²) in [7, 11) is 0. The van der Waals surface area contributed by atoms with E-state index in [0.29, 0.717) is 17.2 Å². The lowest BCUT2D eigenvalue weighted by atomic mass is 9.80. The second kappa shape index (κ2) is 16.0. The molecule has 1 aliphatic rings. The molecule has 0 unspecified atom stereocenters. The van der Waals surface area contributed by atoms with Crippen LogP contribution in [0.3, 0.4) is 0 Å². The van der Waals surface area contributed by atoms with Gasteiger partial charge < -0.3 is 24.4 Å². The maximum atomic E-state index is 12.7. The van der Waals surface area contributed by atoms with E-state index in [1.807, 2.05) is 0 Å². The maximum absolute atomic E-state index is 12.7. The summed E-state index contributed by atoms with van der Waals surface area (Å²) in [5.74, 6) is -1.25. The van der Waals surface area contributed by atoms with Crippen molar-refractivity contribution < 1.29 is 38.8 Å². The zero-order chi connectivity index (χ0) is 27.2. The van der Waals surface area contributed by atoms with Gasteiger partial charge in [-0.05, 0) is 49.3 Å². The first-order valence-corrected chi connectivity index (χ1v) is 13.0. The average molecular weight is 517 g/mol. The van der Waals surface area contributed by atoms with Gasteiger partial charge in [-0.2, -0.15) is 0 Å². The minimum atomic E-state index is -0.760. The van der Waals surface area contributed by atoms with Crippen molar-refractivity contribution in [2.75, 3.05) is 26.4 Å². The number of carbonyl (C=O) groups excluding carboxylic acids is 3. The molecule has 0 bridgehead atoms. The molecule has 0 atom stereocenters. The van der Waals surface area contributed by atoms with Crippen LogP contribution in [-0.2, 0) is 23.9 Å². The molecule has 0 heterocycles. The van der Waals surface area contributed by atoms with E-state index in [4.69, 9.17) is 24.4 Å². The second-order valence-electron chi connectivity index (χ2n) is 9.62. The van der Waals surface area contributed by atoms with Crippen LogP contribution in [0.25, 0.3) is 0 Å². The van der Waals surface area contributed by atoms with E-state index >= 15 is 0 Å². The Morgan fingerprint density at radius 1 is 0.892 bits per heavy atom. The maximum Gasteiger partial charge on any atom is 0.335 e. The number of rotatable bonds is 15. The first-order chi connectivity index (χ1) is 17.8. The van der Waals surface area contributed by atoms with Crippen molar-refractivity contribution >= 4 is 17.9 Å². The summed E-state index contributed by atoms with van der Waals surface area (Å²) in [6, 6.07) is 6.72. The van der Waals surface area contributed by atoms with Crippen molar-refractivity contribution in [3.05, 3.63) is 54.1 Å². The van der Waals surface area contributed by atoms with E-state index in [2.05, 4.69) is 20.1 Å². The van der Waals surface area contributed by atoms with Crippen LogP contribution in [0.1, 0.15) is 69.8 Å². The number of hydrogen-bond acceptors (Lipinski definition) is 8. The topological polar surface area (TPSA) is 119 Å². The number of aliphatic hydroxyl groups excluding tert-OH is 2. The largest absolute Gasteiger partial charge is 0.461 e. The van der Waals surface area contributed by atoms with Gasteiger partial charge in [-0.3, -0.25) is 4.79 Å². The summed E-state index contributed by atoms with van der Waals surface area (Å²) in [4.78, 5) is 36.5. The van der Waals surface area contributed by atoms with Crippen molar-refractivity contribution in [1.29, 1.82) is 0 Å². The highest BCUT2D eigenvalue weighted by molar-refractivity contribution is 5.88. The molecule has 37 heavy (non-hydrogen) atoms. The third-order valence-corrected chi connectivity index (χ3v) is 6.76. The molecule has 1 aliphatic carbocycles. The first-order valence-electron chi connectivity index (χ1n) is 13.0. The third kappa shape index (κ3) is 10.1. The predicted molar refractivity (Wildman–Crippen MR) is 139 cm³/mol. The van der Waals surface area contributed by atoms with Crippen molar-refractivity contribution in [3.8, 4) is 5.75 Å². The highest BCUT2D eigenvalue weighted by Gasteiger charge is 2.27. The number of benzene rings is 1. The van der Waals surface area contributed by atoms with Gasteiger partial charge in [-0.1, -0.05) is 57.9 Å². The molecule has 1 aromatic carbocycles. The zero-order valence-corrected chi connectivity index (χ0v) is 21.8. The Bertz CT molecular complexity index is 880. The standard InChI is InChI=1S/C29H40O8/c1-4-5-6-7-22-8-10-24(11-9-22)29(34)37-26-14-12-23(13-15-26)25(18-35-27(32)20(2)16-30)19-36-28(33)21(3)17-31/h12-15,22,24-25,30-31H,2-11,16-19H2,1H3. The molecular weight excluding hydrogens is 476 g/mol. The molecule has 8 nitrogen and oxygen atoms in total. The summed E-state index contributed by atoms with van der Waals surface area (Å²) in [6.07, 6.45) is 8.81. The monoisotopic (exact) mass is 516 g/mol. The molecule has 0 radical (unpaired) electrons. The number of hydrogen-bond donors (Lipinski definition) is 2. The van der Waals surface area contributed by atoms with E-state index < -0.39 is 31.1 Å². The Balaban J connectivity index is 1.96. The summed E-state index contributed by atoms with van der Waals surface area (Å²) in [6.45, 7) is 7.72. The Morgan fingerprint density at radius 3 is 1.92 bits per heavy atom. The van der Waals surface area contributed by atoms with Crippen LogP contribution >= 0.6 is 0 Å². The Morgan fingerprint density at radius 2 is 1.43 bits per heavy atom. The smallest absolute Gasteiger partial charge is 0.335 e. The minimum absolute atomic E-state index is 0.0899. The molecule has 0 aliphatic heterocycles. The van der Waals surface area contributed by atoms with Crippen LogP contribution in [0, 0.1) is 11.8 Å². The molecule has 0 spiro atoms. The number of carbonyl (C=O) groups is 3. The molecule has 8 heteroatoms. The summed E-state index contributed by atoms with van der Waals surface area (Å²) in [5.41, 5.74) is 0.487. The highest BCUT2D eigenvalue weighted by atomic mass is 16.5. The lowest BCUT2D eigenvalue weighted by Crippen LogP contribution is -2.25. The second-order valence-corrected chi connectivity index (χ2v) is 9.62. The van der Waals surface area contributed by atoms with E-state index in [-0.39, 0.29) is 36.2 Å². The van der Waals surface area contributed by atoms with Gasteiger partial charge >= 0.3 is 17.9 Å². The Labute approximate surface area is 219 Å². The number of aliphatic hydroxyl groups is 2. The highest BCUT2D eigenvalue weighted by Crippen LogP contribution is 2.33. The fourth-order valence-electron chi connectivity index (χ4n) is 4.30. The van der Waals surface area contributed by atoms with Gasteiger partial charge in [0.25, 0.3) is 0 Å². The quantitative estimate of drug-likeness (QED) is 0.154. The van der Waals surface area contributed by atoms with E-state index in [0.717, 1.165) is 25.7 Å². The molecule has 0 amide bonds. The molecule has 0 aromatic heterocycles. The summed E-state index contributed by atoms with van der Waals surface area (Å²) >= 11 is 0.